The summed E-state index contributed by atoms with van der Waals surface area (Å²) in [6.07, 6.45) is 0. The van der Waals surface area contributed by atoms with Crippen LogP contribution in [0.3, 0.4) is 0 Å². The molecule has 2 atom stereocenters. The maximum atomic E-state index is 13.3. The highest BCUT2D eigenvalue weighted by molar-refractivity contribution is 5.99. The van der Waals surface area contributed by atoms with E-state index in [9.17, 15) is 18.4 Å². The van der Waals surface area contributed by atoms with Gasteiger partial charge in [0.25, 0.3) is 5.91 Å². The molecule has 0 saturated carbocycles. The molecule has 2 rings (SSSR count). The number of nitrogens with two attached hydrogens (primary N) is 1. The van der Waals surface area contributed by atoms with E-state index in [0.717, 1.165) is 12.1 Å². The lowest BCUT2D eigenvalue weighted by atomic mass is 9.99. The Morgan fingerprint density at radius 2 is 1.90 bits per heavy atom. The van der Waals surface area contributed by atoms with Gasteiger partial charge in [0.2, 0.25) is 0 Å². The minimum atomic E-state index is -1.13. The van der Waals surface area contributed by atoms with Crippen molar-refractivity contribution in [2.45, 2.75) is 6.92 Å². The van der Waals surface area contributed by atoms with Gasteiger partial charge in [-0.25, -0.2) is 8.78 Å². The molecule has 2 unspecified atom stereocenters. The molecule has 1 heterocycles. The summed E-state index contributed by atoms with van der Waals surface area (Å²) >= 11 is 0. The minimum Gasteiger partial charge on any atom is -0.469 e. The SMILES string of the molecule is COC(=O)C1CN(C(=O)c2cc(F)c(F)cc2N)CC1C. The van der Waals surface area contributed by atoms with Gasteiger partial charge in [0.1, 0.15) is 0 Å². The Hall–Kier alpha value is -2.18. The predicted molar refractivity (Wildman–Crippen MR) is 71.3 cm³/mol. The van der Waals surface area contributed by atoms with Crippen LogP contribution < -0.4 is 5.73 Å². The fourth-order valence-electron chi connectivity index (χ4n) is 2.51. The molecule has 0 aromatic heterocycles. The first-order valence-electron chi connectivity index (χ1n) is 6.46. The molecule has 0 bridgehead atoms. The Balaban J connectivity index is 2.22. The van der Waals surface area contributed by atoms with Gasteiger partial charge in [0.15, 0.2) is 11.6 Å². The van der Waals surface area contributed by atoms with Crippen molar-refractivity contribution in [3.05, 3.63) is 29.3 Å². The smallest absolute Gasteiger partial charge is 0.310 e. The number of amides is 1. The van der Waals surface area contributed by atoms with Crippen molar-refractivity contribution >= 4 is 17.6 Å². The monoisotopic (exact) mass is 298 g/mol. The molecule has 21 heavy (non-hydrogen) atoms. The molecule has 1 aromatic rings. The summed E-state index contributed by atoms with van der Waals surface area (Å²) in [4.78, 5) is 25.3. The van der Waals surface area contributed by atoms with E-state index < -0.39 is 29.4 Å². The van der Waals surface area contributed by atoms with Crippen molar-refractivity contribution in [1.82, 2.24) is 4.90 Å². The summed E-state index contributed by atoms with van der Waals surface area (Å²) in [6, 6.07) is 1.56. The first kappa shape index (κ1) is 15.2. The number of carbonyl (C=O) groups excluding carboxylic acids is 2. The third-order valence-electron chi connectivity index (χ3n) is 3.73. The zero-order valence-electron chi connectivity index (χ0n) is 11.7. The molecule has 0 aliphatic carbocycles. The van der Waals surface area contributed by atoms with Crippen molar-refractivity contribution < 1.29 is 23.1 Å². The van der Waals surface area contributed by atoms with Crippen LogP contribution in [0.25, 0.3) is 0 Å². The first-order valence-corrected chi connectivity index (χ1v) is 6.46. The topological polar surface area (TPSA) is 72.6 Å². The highest BCUT2D eigenvalue weighted by Crippen LogP contribution is 2.27. The van der Waals surface area contributed by atoms with Gasteiger partial charge in [-0.05, 0) is 12.0 Å². The number of hydrogen-bond donors (Lipinski definition) is 1. The molecule has 1 fully saturated rings. The van der Waals surface area contributed by atoms with E-state index in [1.54, 1.807) is 0 Å². The molecule has 114 valence electrons. The van der Waals surface area contributed by atoms with Crippen LogP contribution in [0.15, 0.2) is 12.1 Å². The largest absolute Gasteiger partial charge is 0.469 e. The first-order chi connectivity index (χ1) is 9.85. The van der Waals surface area contributed by atoms with E-state index in [0.29, 0.717) is 6.54 Å². The van der Waals surface area contributed by atoms with E-state index in [4.69, 9.17) is 5.73 Å². The number of esters is 1. The molecule has 1 aliphatic heterocycles. The Bertz CT molecular complexity index is 592. The molecular formula is C14H16F2N2O3. The Morgan fingerprint density at radius 3 is 2.52 bits per heavy atom. The number of halogens is 2. The zero-order valence-corrected chi connectivity index (χ0v) is 11.7. The van der Waals surface area contributed by atoms with Gasteiger partial charge >= 0.3 is 5.97 Å². The summed E-state index contributed by atoms with van der Waals surface area (Å²) in [5.41, 5.74) is 5.33. The molecule has 7 heteroatoms. The molecule has 1 aliphatic rings. The maximum absolute atomic E-state index is 13.3. The predicted octanol–water partition coefficient (Wildman–Crippen LogP) is 1.43. The van der Waals surface area contributed by atoms with E-state index in [1.807, 2.05) is 6.92 Å². The van der Waals surface area contributed by atoms with Crippen molar-refractivity contribution in [3.8, 4) is 0 Å². The standard InChI is InChI=1S/C14H16F2N2O3/c1-7-5-18(6-9(7)14(20)21-2)13(19)8-3-10(15)11(16)4-12(8)17/h3-4,7,9H,5-6,17H2,1-2H3. The van der Waals surface area contributed by atoms with Gasteiger partial charge in [0.05, 0.1) is 18.6 Å². The van der Waals surface area contributed by atoms with Crippen LogP contribution in [0, 0.1) is 23.5 Å². The third-order valence-corrected chi connectivity index (χ3v) is 3.73. The Kier molecular flexibility index (Phi) is 4.11. The van der Waals surface area contributed by atoms with Crippen LogP contribution in [0.4, 0.5) is 14.5 Å². The average molecular weight is 298 g/mol. The van der Waals surface area contributed by atoms with E-state index in [2.05, 4.69) is 4.74 Å². The summed E-state index contributed by atoms with van der Waals surface area (Å²) < 4.78 is 31.0. The highest BCUT2D eigenvalue weighted by atomic mass is 19.2. The lowest BCUT2D eigenvalue weighted by Crippen LogP contribution is -2.31. The zero-order chi connectivity index (χ0) is 15.7. The number of nitrogen functional groups attached to an aromatic ring is 1. The van der Waals surface area contributed by atoms with Gasteiger partial charge in [-0.15, -0.1) is 0 Å². The number of likely N-dealkylation sites (tertiary alicyclic amines) is 1. The van der Waals surface area contributed by atoms with Crippen LogP contribution in [-0.4, -0.2) is 37.0 Å². The second kappa shape index (κ2) is 5.67. The molecule has 0 spiro atoms. The summed E-state index contributed by atoms with van der Waals surface area (Å²) in [5, 5.41) is 0. The fraction of sp³-hybridized carbons (Fsp3) is 0.429. The van der Waals surface area contributed by atoms with Gasteiger partial charge in [-0.1, -0.05) is 6.92 Å². The van der Waals surface area contributed by atoms with Crippen LogP contribution in [-0.2, 0) is 9.53 Å². The van der Waals surface area contributed by atoms with Crippen LogP contribution in [0.1, 0.15) is 17.3 Å². The van der Waals surface area contributed by atoms with Gasteiger partial charge in [0, 0.05) is 24.8 Å². The number of carbonyl (C=O) groups is 2. The number of nitrogens with zero attached hydrogens (tertiary/aromatic N) is 1. The average Bonchev–Trinajstić information content (AvgIpc) is 2.83. The van der Waals surface area contributed by atoms with Gasteiger partial charge < -0.3 is 15.4 Å². The number of benzene rings is 1. The summed E-state index contributed by atoms with van der Waals surface area (Å²) in [7, 11) is 1.28. The Labute approximate surface area is 120 Å². The maximum Gasteiger partial charge on any atom is 0.310 e. The second-order valence-corrected chi connectivity index (χ2v) is 5.17. The Morgan fingerprint density at radius 1 is 1.29 bits per heavy atom. The number of anilines is 1. The van der Waals surface area contributed by atoms with Crippen molar-refractivity contribution in [3.63, 3.8) is 0 Å². The van der Waals surface area contributed by atoms with E-state index in [1.165, 1.54) is 12.0 Å². The molecule has 1 amide bonds. The molecule has 1 aromatic carbocycles. The third kappa shape index (κ3) is 2.81. The molecular weight excluding hydrogens is 282 g/mol. The molecule has 1 saturated heterocycles. The lowest BCUT2D eigenvalue weighted by molar-refractivity contribution is -0.146. The summed E-state index contributed by atoms with van der Waals surface area (Å²) in [5.74, 6) is -3.66. The fourth-order valence-corrected chi connectivity index (χ4v) is 2.51. The quantitative estimate of drug-likeness (QED) is 0.662. The van der Waals surface area contributed by atoms with Crippen LogP contribution in [0.2, 0.25) is 0 Å². The number of ether oxygens (including phenoxy) is 1. The van der Waals surface area contributed by atoms with Crippen LogP contribution in [0.5, 0.6) is 0 Å². The molecule has 5 nitrogen and oxygen atoms in total. The lowest BCUT2D eigenvalue weighted by Gasteiger charge is -2.17. The van der Waals surface area contributed by atoms with Crippen LogP contribution >= 0.6 is 0 Å². The van der Waals surface area contributed by atoms with Crippen molar-refractivity contribution in [2.75, 3.05) is 25.9 Å². The van der Waals surface area contributed by atoms with E-state index in [-0.39, 0.29) is 23.7 Å². The number of methoxy groups -OCH3 is 1. The molecule has 0 radical (unpaired) electrons. The number of rotatable bonds is 2. The minimum absolute atomic E-state index is 0.0760. The number of hydrogen-bond acceptors (Lipinski definition) is 4. The highest BCUT2D eigenvalue weighted by Gasteiger charge is 2.38. The summed E-state index contributed by atoms with van der Waals surface area (Å²) in [6.45, 7) is 2.33. The molecule has 2 N–H and O–H groups in total. The van der Waals surface area contributed by atoms with Gasteiger partial charge in [-0.2, -0.15) is 0 Å². The van der Waals surface area contributed by atoms with E-state index >= 15 is 0 Å². The van der Waals surface area contributed by atoms with Crippen molar-refractivity contribution in [2.24, 2.45) is 11.8 Å². The second-order valence-electron chi connectivity index (χ2n) is 5.17. The normalized spacial score (nSPS) is 21.4. The van der Waals surface area contributed by atoms with Crippen molar-refractivity contribution in [1.29, 1.82) is 0 Å². The van der Waals surface area contributed by atoms with Gasteiger partial charge in [-0.3, -0.25) is 9.59 Å².